The van der Waals surface area contributed by atoms with Crippen LogP contribution in [0.25, 0.3) is 93.6 Å². The maximum atomic E-state index is 6.91. The van der Waals surface area contributed by atoms with Crippen LogP contribution in [0.5, 0.6) is 0 Å². The van der Waals surface area contributed by atoms with Crippen LogP contribution in [-0.4, -0.2) is 0 Å². The zero-order valence-corrected chi connectivity index (χ0v) is 34.3. The summed E-state index contributed by atoms with van der Waals surface area (Å²) in [6.45, 7) is 2.27. The average molecular weight is 796 g/mol. The summed E-state index contributed by atoms with van der Waals surface area (Å²) in [5.74, 6) is 0.580. The monoisotopic (exact) mass is 795 g/mol. The van der Waals surface area contributed by atoms with Crippen LogP contribution in [0.15, 0.2) is 221 Å². The Hall–Kier alpha value is -7.88. The van der Waals surface area contributed by atoms with E-state index >= 15 is 0 Å². The quantitative estimate of drug-likeness (QED) is 0.161. The smallest absolute Gasteiger partial charge is 0.143 e. The van der Waals surface area contributed by atoms with Gasteiger partial charge in [0.2, 0.25) is 0 Å². The molecule has 1 unspecified atom stereocenters. The number of para-hydroxylation sites is 4. The molecule has 0 saturated heterocycles. The molecule has 1 aliphatic carbocycles. The van der Waals surface area contributed by atoms with E-state index in [1.807, 2.05) is 12.1 Å². The van der Waals surface area contributed by atoms with Gasteiger partial charge in [0.15, 0.2) is 0 Å². The first-order chi connectivity index (χ1) is 30.6. The molecule has 0 aliphatic heterocycles. The molecule has 1 aliphatic rings. The van der Waals surface area contributed by atoms with Crippen molar-refractivity contribution in [3.05, 3.63) is 218 Å². The van der Waals surface area contributed by atoms with Gasteiger partial charge in [0.25, 0.3) is 0 Å². The largest absolute Gasteiger partial charge is 0.455 e. The molecule has 294 valence electrons. The molecule has 0 amide bonds. The number of rotatable bonds is 7. The Morgan fingerprint density at radius 3 is 1.85 bits per heavy atom. The van der Waals surface area contributed by atoms with Crippen LogP contribution in [0, 0.1) is 5.92 Å². The van der Waals surface area contributed by atoms with Gasteiger partial charge in [-0.05, 0) is 94.1 Å². The number of hydrogen-bond donors (Lipinski definition) is 0. The van der Waals surface area contributed by atoms with Gasteiger partial charge in [-0.1, -0.05) is 171 Å². The van der Waals surface area contributed by atoms with Crippen LogP contribution in [-0.2, 0) is 0 Å². The molecule has 0 radical (unpaired) electrons. The highest BCUT2D eigenvalue weighted by molar-refractivity contribution is 6.18. The van der Waals surface area contributed by atoms with Gasteiger partial charge in [-0.25, -0.2) is 0 Å². The average Bonchev–Trinajstić information content (AvgIpc) is 3.92. The van der Waals surface area contributed by atoms with Crippen LogP contribution >= 0.6 is 0 Å². The fourth-order valence-electron chi connectivity index (χ4n) is 9.45. The molecular weight excluding hydrogens is 755 g/mol. The minimum absolute atomic E-state index is 0.580. The molecule has 3 nitrogen and oxygen atoms in total. The second kappa shape index (κ2) is 14.7. The molecule has 1 atom stereocenters. The molecule has 0 saturated carbocycles. The summed E-state index contributed by atoms with van der Waals surface area (Å²) in [4.78, 5) is 2.37. The van der Waals surface area contributed by atoms with Gasteiger partial charge in [-0.2, -0.15) is 0 Å². The van der Waals surface area contributed by atoms with Gasteiger partial charge in [0.1, 0.15) is 22.3 Å². The predicted octanol–water partition coefficient (Wildman–Crippen LogP) is 17.1. The van der Waals surface area contributed by atoms with E-state index in [1.165, 1.54) is 27.6 Å². The second-order valence-corrected chi connectivity index (χ2v) is 16.5. The van der Waals surface area contributed by atoms with E-state index in [-0.39, 0.29) is 0 Å². The summed E-state index contributed by atoms with van der Waals surface area (Å²) in [6.07, 6.45) is 8.01. The third-order valence-corrected chi connectivity index (χ3v) is 12.6. The molecule has 2 aromatic heterocycles. The fraction of sp³-hybridized carbons (Fsp3) is 0.0508. The van der Waals surface area contributed by atoms with E-state index in [0.29, 0.717) is 5.92 Å². The SMILES string of the molecule is CC1C=CC(c2cccc(-c3ccc(N(c4ccc(-c5cccc6c5oc5ccccc56)cc4)c4ccccc4-c4cccc5c4oc4c6ccccc6ccc54)cc3)c2)=CC1. The maximum Gasteiger partial charge on any atom is 0.143 e. The minimum Gasteiger partial charge on any atom is -0.455 e. The Bertz CT molecular complexity index is 3560. The Morgan fingerprint density at radius 1 is 0.435 bits per heavy atom. The summed E-state index contributed by atoms with van der Waals surface area (Å²) in [7, 11) is 0. The molecule has 0 spiro atoms. The zero-order valence-electron chi connectivity index (χ0n) is 34.3. The summed E-state index contributed by atoms with van der Waals surface area (Å²) in [5, 5.41) is 6.76. The lowest BCUT2D eigenvalue weighted by atomic mass is 9.92. The van der Waals surface area contributed by atoms with Crippen molar-refractivity contribution in [2.75, 3.05) is 4.90 Å². The number of hydrogen-bond acceptors (Lipinski definition) is 3. The molecular formula is C59H41NO2. The summed E-state index contributed by atoms with van der Waals surface area (Å²) >= 11 is 0. The zero-order chi connectivity index (χ0) is 41.1. The van der Waals surface area contributed by atoms with E-state index in [2.05, 4.69) is 212 Å². The summed E-state index contributed by atoms with van der Waals surface area (Å²) in [5.41, 5.74) is 15.9. The van der Waals surface area contributed by atoms with E-state index in [0.717, 1.165) is 95.0 Å². The van der Waals surface area contributed by atoms with E-state index in [9.17, 15) is 0 Å². The molecule has 62 heavy (non-hydrogen) atoms. The van der Waals surface area contributed by atoms with Gasteiger partial charge in [-0.15, -0.1) is 0 Å². The lowest BCUT2D eigenvalue weighted by Crippen LogP contribution is -2.11. The lowest BCUT2D eigenvalue weighted by molar-refractivity contribution is 0.670. The first-order valence-electron chi connectivity index (χ1n) is 21.5. The second-order valence-electron chi connectivity index (χ2n) is 16.5. The topological polar surface area (TPSA) is 29.5 Å². The molecule has 11 aromatic rings. The van der Waals surface area contributed by atoms with Crippen LogP contribution in [0.4, 0.5) is 17.1 Å². The molecule has 12 rings (SSSR count). The van der Waals surface area contributed by atoms with Gasteiger partial charge in [0.05, 0.1) is 5.69 Å². The van der Waals surface area contributed by atoms with Gasteiger partial charge >= 0.3 is 0 Å². The summed E-state index contributed by atoms with van der Waals surface area (Å²) in [6, 6.07) is 69.5. The van der Waals surface area contributed by atoms with Crippen molar-refractivity contribution in [3.8, 4) is 33.4 Å². The standard InChI is InChI=1S/C59H41NO2/c1-38-23-25-39(26-24-38)43-12-8-13-44(37-43)40-27-32-45(33-28-40)60(46-34-29-42(30-35-46)48-17-9-19-52-50-16-5-7-22-56(50)61-57(48)52)55-21-6-4-15-49(55)51-18-10-20-53-54-36-31-41-11-2-3-14-47(41)58(54)62-59(51)53/h2-23,25-38H,24H2,1H3. The normalized spacial score (nSPS) is 14.0. The van der Waals surface area contributed by atoms with Gasteiger partial charge in [-0.3, -0.25) is 0 Å². The van der Waals surface area contributed by atoms with Crippen molar-refractivity contribution in [3.63, 3.8) is 0 Å². The molecule has 9 aromatic carbocycles. The molecule has 2 heterocycles. The van der Waals surface area contributed by atoms with Gasteiger partial charge in [0, 0.05) is 55.0 Å². The number of allylic oxidation sites excluding steroid dienone is 4. The lowest BCUT2D eigenvalue weighted by Gasteiger charge is -2.28. The first-order valence-corrected chi connectivity index (χ1v) is 21.5. The van der Waals surface area contributed by atoms with Crippen LogP contribution < -0.4 is 4.90 Å². The number of fused-ring (bicyclic) bond motifs is 8. The van der Waals surface area contributed by atoms with Crippen LogP contribution in [0.3, 0.4) is 0 Å². The molecule has 0 N–H and O–H groups in total. The van der Waals surface area contributed by atoms with Crippen molar-refractivity contribution in [2.45, 2.75) is 13.3 Å². The van der Waals surface area contributed by atoms with Crippen molar-refractivity contribution in [1.82, 2.24) is 0 Å². The fourth-order valence-corrected chi connectivity index (χ4v) is 9.45. The molecule has 3 heteroatoms. The maximum absolute atomic E-state index is 6.91. The van der Waals surface area contributed by atoms with E-state index in [1.54, 1.807) is 0 Å². The molecule has 0 bridgehead atoms. The Labute approximate surface area is 360 Å². The van der Waals surface area contributed by atoms with Crippen LogP contribution in [0.1, 0.15) is 18.9 Å². The Balaban J connectivity index is 0.997. The highest BCUT2D eigenvalue weighted by Crippen LogP contribution is 2.46. The summed E-state index contributed by atoms with van der Waals surface area (Å²) < 4.78 is 13.4. The van der Waals surface area contributed by atoms with Gasteiger partial charge < -0.3 is 13.7 Å². The highest BCUT2D eigenvalue weighted by Gasteiger charge is 2.22. The van der Waals surface area contributed by atoms with Crippen LogP contribution in [0.2, 0.25) is 0 Å². The molecule has 0 fully saturated rings. The number of nitrogens with zero attached hydrogens (tertiary/aromatic N) is 1. The predicted molar refractivity (Wildman–Crippen MR) is 260 cm³/mol. The first kappa shape index (κ1) is 36.0. The minimum atomic E-state index is 0.580. The van der Waals surface area contributed by atoms with E-state index in [4.69, 9.17) is 8.83 Å². The number of benzene rings is 9. The van der Waals surface area contributed by atoms with Crippen molar-refractivity contribution >= 4 is 77.3 Å². The highest BCUT2D eigenvalue weighted by atomic mass is 16.3. The van der Waals surface area contributed by atoms with Crippen molar-refractivity contribution < 1.29 is 8.83 Å². The van der Waals surface area contributed by atoms with Crippen molar-refractivity contribution in [1.29, 1.82) is 0 Å². The third-order valence-electron chi connectivity index (χ3n) is 12.6. The van der Waals surface area contributed by atoms with Crippen molar-refractivity contribution in [2.24, 2.45) is 5.92 Å². The number of anilines is 3. The third kappa shape index (κ3) is 6.04. The number of furan rings is 2. The van der Waals surface area contributed by atoms with E-state index < -0.39 is 0 Å². The Kier molecular flexibility index (Phi) is 8.53. The Morgan fingerprint density at radius 2 is 1.05 bits per heavy atom.